The lowest BCUT2D eigenvalue weighted by molar-refractivity contribution is -0.132. The van der Waals surface area contributed by atoms with E-state index in [4.69, 9.17) is 30.5 Å². The Bertz CT molecular complexity index is 1990. The van der Waals surface area contributed by atoms with Gasteiger partial charge in [-0.05, 0) is 59.7 Å². The number of aliphatic hydroxyl groups is 1. The summed E-state index contributed by atoms with van der Waals surface area (Å²) < 4.78 is 23.8. The Morgan fingerprint density at radius 1 is 0.978 bits per heavy atom. The summed E-state index contributed by atoms with van der Waals surface area (Å²) in [6.07, 6.45) is 0. The van der Waals surface area contributed by atoms with Crippen molar-refractivity contribution in [2.45, 2.75) is 12.6 Å². The molecule has 1 atom stereocenters. The van der Waals surface area contributed by atoms with E-state index in [0.29, 0.717) is 64.5 Å². The minimum absolute atomic E-state index is 0.103. The van der Waals surface area contributed by atoms with Crippen molar-refractivity contribution in [3.63, 3.8) is 0 Å². The summed E-state index contributed by atoms with van der Waals surface area (Å²) in [6.45, 7) is 1.07. The number of carbonyl (C=O) groups excluding carboxylic acids is 2. The van der Waals surface area contributed by atoms with Gasteiger partial charge in [-0.25, -0.2) is 4.98 Å². The average molecular weight is 641 g/mol. The number of rotatable bonds is 7. The van der Waals surface area contributed by atoms with Gasteiger partial charge < -0.3 is 24.1 Å². The smallest absolute Gasteiger partial charge is 0.301 e. The number of anilines is 1. The van der Waals surface area contributed by atoms with Crippen molar-refractivity contribution in [3.05, 3.63) is 112 Å². The first kappa shape index (κ1) is 28.7. The van der Waals surface area contributed by atoms with Crippen LogP contribution < -0.4 is 23.8 Å². The largest absolute Gasteiger partial charge is 0.507 e. The van der Waals surface area contributed by atoms with Crippen LogP contribution in [0.1, 0.15) is 22.7 Å². The van der Waals surface area contributed by atoms with Crippen LogP contribution in [0.3, 0.4) is 0 Å². The predicted molar refractivity (Wildman–Crippen MR) is 171 cm³/mol. The van der Waals surface area contributed by atoms with Crippen LogP contribution >= 0.6 is 22.9 Å². The molecule has 1 fully saturated rings. The number of hydrogen-bond acceptors (Lipinski definition) is 9. The highest BCUT2D eigenvalue weighted by atomic mass is 35.5. The fraction of sp³-hybridized carbons (Fsp3) is 0.147. The number of aromatic nitrogens is 1. The lowest BCUT2D eigenvalue weighted by Crippen LogP contribution is -2.29. The standard InChI is InChI=1S/C34H25ClN2O7S/c1-41-26-15-20(7-11-24(26)44-18-19-5-3-2-4-6-19)30-29(31(38)21-8-12-25-27(16-21)43-14-13-42-25)32(39)33(40)37(30)34-36-23-10-9-22(35)17-28(23)45-34/h2-12,15-17,30,38H,13-14,18H2,1H3/b31-29+/t30-/m1/s1. The third-order valence-corrected chi connectivity index (χ3v) is 8.80. The van der Waals surface area contributed by atoms with Gasteiger partial charge in [-0.15, -0.1) is 0 Å². The zero-order valence-corrected chi connectivity index (χ0v) is 25.4. The van der Waals surface area contributed by atoms with Crippen molar-refractivity contribution in [1.29, 1.82) is 0 Å². The first-order valence-corrected chi connectivity index (χ1v) is 15.2. The van der Waals surface area contributed by atoms with E-state index >= 15 is 0 Å². The zero-order valence-electron chi connectivity index (χ0n) is 23.9. The summed E-state index contributed by atoms with van der Waals surface area (Å²) >= 11 is 7.44. The number of amides is 1. The van der Waals surface area contributed by atoms with Crippen LogP contribution in [0, 0.1) is 0 Å². The molecule has 2 aliphatic rings. The van der Waals surface area contributed by atoms with Gasteiger partial charge >= 0.3 is 5.91 Å². The van der Waals surface area contributed by atoms with Gasteiger partial charge in [-0.1, -0.05) is 59.3 Å². The van der Waals surface area contributed by atoms with Gasteiger partial charge in [0, 0.05) is 10.6 Å². The number of benzene rings is 4. The number of fused-ring (bicyclic) bond motifs is 2. The molecule has 3 heterocycles. The number of nitrogens with zero attached hydrogens (tertiary/aromatic N) is 2. The minimum atomic E-state index is -1.04. The van der Waals surface area contributed by atoms with E-state index in [-0.39, 0.29) is 16.5 Å². The highest BCUT2D eigenvalue weighted by Gasteiger charge is 2.48. The van der Waals surface area contributed by atoms with Crippen molar-refractivity contribution in [3.8, 4) is 23.0 Å². The SMILES string of the molecule is COc1cc([C@@H]2/C(=C(\O)c3ccc4c(c3)OCCO4)C(=O)C(=O)N2c2nc3ccc(Cl)cc3s2)ccc1OCc1ccccc1. The van der Waals surface area contributed by atoms with Gasteiger partial charge in [0.25, 0.3) is 5.78 Å². The normalized spacial score (nSPS) is 17.1. The van der Waals surface area contributed by atoms with Crippen LogP contribution in [-0.2, 0) is 16.2 Å². The zero-order chi connectivity index (χ0) is 31.1. The van der Waals surface area contributed by atoms with E-state index < -0.39 is 17.7 Å². The maximum absolute atomic E-state index is 13.8. The molecule has 9 nitrogen and oxygen atoms in total. The third-order valence-electron chi connectivity index (χ3n) is 7.55. The molecule has 45 heavy (non-hydrogen) atoms. The molecule has 5 aromatic rings. The molecule has 1 aromatic heterocycles. The second-order valence-corrected chi connectivity index (χ2v) is 11.8. The van der Waals surface area contributed by atoms with E-state index in [1.54, 1.807) is 54.6 Å². The van der Waals surface area contributed by atoms with Crippen LogP contribution in [-0.4, -0.2) is 42.1 Å². The number of methoxy groups -OCH3 is 1. The van der Waals surface area contributed by atoms with Crippen LogP contribution in [0.15, 0.2) is 90.5 Å². The molecule has 1 amide bonds. The van der Waals surface area contributed by atoms with Crippen molar-refractivity contribution in [1.82, 2.24) is 4.98 Å². The molecule has 0 saturated carbocycles. The Morgan fingerprint density at radius 2 is 1.78 bits per heavy atom. The molecule has 0 bridgehead atoms. The maximum Gasteiger partial charge on any atom is 0.301 e. The van der Waals surface area contributed by atoms with Crippen molar-refractivity contribution < 1.29 is 33.6 Å². The van der Waals surface area contributed by atoms with Crippen LogP contribution in [0.4, 0.5) is 5.13 Å². The molecule has 1 N–H and O–H groups in total. The summed E-state index contributed by atoms with van der Waals surface area (Å²) in [5.74, 6) is -0.210. The molecule has 4 aromatic carbocycles. The monoisotopic (exact) mass is 640 g/mol. The molecular weight excluding hydrogens is 616 g/mol. The van der Waals surface area contributed by atoms with Crippen molar-refractivity contribution >= 4 is 55.7 Å². The van der Waals surface area contributed by atoms with E-state index in [2.05, 4.69) is 4.98 Å². The maximum atomic E-state index is 13.8. The van der Waals surface area contributed by atoms with Crippen LogP contribution in [0.25, 0.3) is 16.0 Å². The molecule has 11 heteroatoms. The number of ether oxygens (including phenoxy) is 4. The molecule has 7 rings (SSSR count). The molecule has 0 aliphatic carbocycles. The fourth-order valence-corrected chi connectivity index (χ4v) is 6.66. The number of ketones is 1. The van der Waals surface area contributed by atoms with E-state index in [9.17, 15) is 14.7 Å². The van der Waals surface area contributed by atoms with Gasteiger partial charge in [0.1, 0.15) is 25.6 Å². The first-order chi connectivity index (χ1) is 21.9. The first-order valence-electron chi connectivity index (χ1n) is 14.0. The van der Waals surface area contributed by atoms with Gasteiger partial charge in [-0.3, -0.25) is 14.5 Å². The Labute approximate surface area is 266 Å². The Morgan fingerprint density at radius 3 is 2.58 bits per heavy atom. The molecular formula is C34H25ClN2O7S. The summed E-state index contributed by atoms with van der Waals surface area (Å²) in [5.41, 5.74) is 2.30. The topological polar surface area (TPSA) is 107 Å². The molecule has 0 spiro atoms. The summed E-state index contributed by atoms with van der Waals surface area (Å²) in [5, 5.41) is 12.5. The highest BCUT2D eigenvalue weighted by Crippen LogP contribution is 2.46. The molecule has 226 valence electrons. The number of Topliss-reactive ketones (excluding diaryl/α,β-unsaturated/α-hetero) is 1. The van der Waals surface area contributed by atoms with Crippen LogP contribution in [0.5, 0.6) is 23.0 Å². The van der Waals surface area contributed by atoms with Gasteiger partial charge in [0.2, 0.25) is 0 Å². The van der Waals surface area contributed by atoms with Gasteiger partial charge in [-0.2, -0.15) is 0 Å². The van der Waals surface area contributed by atoms with E-state index in [0.717, 1.165) is 10.3 Å². The quantitative estimate of drug-likeness (QED) is 0.116. The predicted octanol–water partition coefficient (Wildman–Crippen LogP) is 6.93. The third kappa shape index (κ3) is 5.32. The van der Waals surface area contributed by atoms with Crippen molar-refractivity contribution in [2.24, 2.45) is 0 Å². The summed E-state index contributed by atoms with van der Waals surface area (Å²) in [6, 6.07) is 23.9. The lowest BCUT2D eigenvalue weighted by atomic mass is 9.95. The lowest BCUT2D eigenvalue weighted by Gasteiger charge is -2.24. The van der Waals surface area contributed by atoms with E-state index in [1.165, 1.54) is 23.3 Å². The van der Waals surface area contributed by atoms with Crippen LogP contribution in [0.2, 0.25) is 5.02 Å². The Hall–Kier alpha value is -5.06. The Balaban J connectivity index is 1.35. The van der Waals surface area contributed by atoms with Gasteiger partial charge in [0.05, 0.1) is 28.9 Å². The highest BCUT2D eigenvalue weighted by molar-refractivity contribution is 7.22. The number of aliphatic hydroxyl groups excluding tert-OH is 1. The van der Waals surface area contributed by atoms with Gasteiger partial charge in [0.15, 0.2) is 28.1 Å². The summed E-state index contributed by atoms with van der Waals surface area (Å²) in [4.78, 5) is 33.5. The molecule has 0 radical (unpaired) electrons. The van der Waals surface area contributed by atoms with Crippen molar-refractivity contribution in [2.75, 3.05) is 25.2 Å². The minimum Gasteiger partial charge on any atom is -0.507 e. The number of halogens is 1. The number of carbonyl (C=O) groups is 2. The second kappa shape index (κ2) is 11.8. The average Bonchev–Trinajstić information content (AvgIpc) is 3.60. The summed E-state index contributed by atoms with van der Waals surface area (Å²) in [7, 11) is 1.51. The van der Waals surface area contributed by atoms with E-state index in [1.807, 2.05) is 30.3 Å². The fourth-order valence-electron chi connectivity index (χ4n) is 5.39. The molecule has 0 unspecified atom stereocenters. The Kier molecular flexibility index (Phi) is 7.52. The molecule has 1 saturated heterocycles. The molecule has 2 aliphatic heterocycles. The number of hydrogen-bond donors (Lipinski definition) is 1. The number of thiazole rings is 1. The second-order valence-electron chi connectivity index (χ2n) is 10.3.